The number of aromatic nitrogens is 1. The fourth-order valence-corrected chi connectivity index (χ4v) is 2.36. The SMILES string of the molecule is COc1cc(NC(=O)Cn2cc(C(F)(F)F)ccc2=O)c(OC)cc1Cl. The predicted molar refractivity (Wildman–Crippen MR) is 88.9 cm³/mol. The minimum Gasteiger partial charge on any atom is -0.495 e. The number of nitrogens with one attached hydrogen (secondary N) is 1. The first kappa shape index (κ1) is 19.6. The van der Waals surface area contributed by atoms with Gasteiger partial charge in [0.15, 0.2) is 0 Å². The Morgan fingerprint density at radius 1 is 1.19 bits per heavy atom. The molecule has 0 aliphatic rings. The summed E-state index contributed by atoms with van der Waals surface area (Å²) >= 11 is 5.96. The number of carbonyl (C=O) groups is 1. The summed E-state index contributed by atoms with van der Waals surface area (Å²) in [5, 5.41) is 2.70. The smallest absolute Gasteiger partial charge is 0.417 e. The van der Waals surface area contributed by atoms with Gasteiger partial charge in [-0.2, -0.15) is 13.2 Å². The molecule has 0 unspecified atom stereocenters. The van der Waals surface area contributed by atoms with Crippen LogP contribution in [0.2, 0.25) is 5.02 Å². The zero-order valence-electron chi connectivity index (χ0n) is 13.7. The molecule has 0 aliphatic heterocycles. The van der Waals surface area contributed by atoms with E-state index < -0.39 is 29.8 Å². The van der Waals surface area contributed by atoms with Crippen LogP contribution in [0.25, 0.3) is 0 Å². The highest BCUT2D eigenvalue weighted by Gasteiger charge is 2.31. The van der Waals surface area contributed by atoms with Crippen LogP contribution in [0.3, 0.4) is 0 Å². The van der Waals surface area contributed by atoms with Crippen molar-refractivity contribution in [1.82, 2.24) is 4.57 Å². The van der Waals surface area contributed by atoms with E-state index >= 15 is 0 Å². The van der Waals surface area contributed by atoms with Crippen molar-refractivity contribution in [3.05, 3.63) is 51.4 Å². The number of ether oxygens (including phenoxy) is 2. The van der Waals surface area contributed by atoms with E-state index in [1.54, 1.807) is 0 Å². The van der Waals surface area contributed by atoms with Crippen LogP contribution < -0.4 is 20.3 Å². The monoisotopic (exact) mass is 390 g/mol. The number of anilines is 1. The van der Waals surface area contributed by atoms with E-state index in [9.17, 15) is 22.8 Å². The Hall–Kier alpha value is -2.68. The van der Waals surface area contributed by atoms with E-state index in [1.807, 2.05) is 0 Å². The quantitative estimate of drug-likeness (QED) is 0.851. The highest BCUT2D eigenvalue weighted by Crippen LogP contribution is 2.35. The lowest BCUT2D eigenvalue weighted by atomic mass is 10.2. The molecule has 1 N–H and O–H groups in total. The van der Waals surface area contributed by atoms with Gasteiger partial charge in [-0.25, -0.2) is 0 Å². The van der Waals surface area contributed by atoms with Crippen LogP contribution in [-0.2, 0) is 17.5 Å². The highest BCUT2D eigenvalue weighted by atomic mass is 35.5. The molecule has 1 amide bonds. The maximum atomic E-state index is 12.7. The zero-order chi connectivity index (χ0) is 19.5. The summed E-state index contributed by atoms with van der Waals surface area (Å²) in [5.41, 5.74) is -1.58. The first-order chi connectivity index (χ1) is 12.2. The Kier molecular flexibility index (Phi) is 5.81. The largest absolute Gasteiger partial charge is 0.495 e. The number of amides is 1. The molecule has 26 heavy (non-hydrogen) atoms. The van der Waals surface area contributed by atoms with E-state index in [-0.39, 0.29) is 22.2 Å². The van der Waals surface area contributed by atoms with Gasteiger partial charge >= 0.3 is 6.18 Å². The van der Waals surface area contributed by atoms with Crippen molar-refractivity contribution in [1.29, 1.82) is 0 Å². The topological polar surface area (TPSA) is 69.6 Å². The molecule has 140 valence electrons. The van der Waals surface area contributed by atoms with E-state index in [0.29, 0.717) is 16.8 Å². The number of rotatable bonds is 5. The van der Waals surface area contributed by atoms with Gasteiger partial charge < -0.3 is 19.4 Å². The van der Waals surface area contributed by atoms with Crippen LogP contribution >= 0.6 is 11.6 Å². The molecule has 0 spiro atoms. The third-order valence-corrected chi connectivity index (χ3v) is 3.67. The molecule has 10 heteroatoms. The van der Waals surface area contributed by atoms with Crippen LogP contribution in [0.5, 0.6) is 11.5 Å². The summed E-state index contributed by atoms with van der Waals surface area (Å²) in [6.45, 7) is -0.614. The van der Waals surface area contributed by atoms with Crippen molar-refractivity contribution < 1.29 is 27.4 Å². The lowest BCUT2D eigenvalue weighted by Crippen LogP contribution is -2.28. The van der Waals surface area contributed by atoms with Crippen LogP contribution in [0.1, 0.15) is 5.56 Å². The fourth-order valence-electron chi connectivity index (χ4n) is 2.13. The van der Waals surface area contributed by atoms with Crippen molar-refractivity contribution >= 4 is 23.2 Å². The van der Waals surface area contributed by atoms with Gasteiger partial charge in [0.2, 0.25) is 5.91 Å². The molecule has 0 saturated carbocycles. The first-order valence-electron chi connectivity index (χ1n) is 7.14. The van der Waals surface area contributed by atoms with Crippen LogP contribution in [-0.4, -0.2) is 24.7 Å². The van der Waals surface area contributed by atoms with Gasteiger partial charge in [-0.3, -0.25) is 9.59 Å². The Balaban J connectivity index is 2.26. The minimum atomic E-state index is -4.63. The maximum absolute atomic E-state index is 12.7. The van der Waals surface area contributed by atoms with Gasteiger partial charge in [-0.1, -0.05) is 11.6 Å². The molecular weight excluding hydrogens is 377 g/mol. The van der Waals surface area contributed by atoms with Crippen molar-refractivity contribution in [3.8, 4) is 11.5 Å². The van der Waals surface area contributed by atoms with E-state index in [0.717, 1.165) is 6.07 Å². The molecule has 2 rings (SSSR count). The third kappa shape index (κ3) is 4.48. The standard InChI is InChI=1S/C16H14ClF3N2O4/c1-25-12-6-11(13(26-2)5-10(12)17)21-14(23)8-22-7-9(16(18,19)20)3-4-15(22)24/h3-7H,8H2,1-2H3,(H,21,23). The van der Waals surface area contributed by atoms with Gasteiger partial charge in [0.1, 0.15) is 18.0 Å². The molecular formula is C16H14ClF3N2O4. The number of hydrogen-bond acceptors (Lipinski definition) is 4. The van der Waals surface area contributed by atoms with Gasteiger partial charge in [0.05, 0.1) is 30.5 Å². The van der Waals surface area contributed by atoms with Gasteiger partial charge in [-0.05, 0) is 6.07 Å². The Morgan fingerprint density at radius 2 is 1.85 bits per heavy atom. The number of hydrogen-bond donors (Lipinski definition) is 1. The summed E-state index contributed by atoms with van der Waals surface area (Å²) in [5.74, 6) is -0.242. The summed E-state index contributed by atoms with van der Waals surface area (Å²) in [6.07, 6.45) is -4.04. The Bertz CT molecular complexity index is 881. The number of alkyl halides is 3. The van der Waals surface area contributed by atoms with Gasteiger partial charge in [0, 0.05) is 24.4 Å². The van der Waals surface area contributed by atoms with Crippen LogP contribution in [0.15, 0.2) is 35.3 Å². The van der Waals surface area contributed by atoms with Crippen molar-refractivity contribution in [2.45, 2.75) is 12.7 Å². The number of nitrogens with zero attached hydrogens (tertiary/aromatic N) is 1. The van der Waals surface area contributed by atoms with Crippen molar-refractivity contribution in [2.75, 3.05) is 19.5 Å². The lowest BCUT2D eigenvalue weighted by molar-refractivity contribution is -0.138. The number of pyridine rings is 1. The van der Waals surface area contributed by atoms with Gasteiger partial charge in [-0.15, -0.1) is 0 Å². The molecule has 6 nitrogen and oxygen atoms in total. The third-order valence-electron chi connectivity index (χ3n) is 3.37. The van der Waals surface area contributed by atoms with Crippen molar-refractivity contribution in [2.24, 2.45) is 0 Å². The average Bonchev–Trinajstić information content (AvgIpc) is 2.56. The van der Waals surface area contributed by atoms with Crippen LogP contribution in [0.4, 0.5) is 18.9 Å². The number of methoxy groups -OCH3 is 2. The summed E-state index contributed by atoms with van der Waals surface area (Å²) < 4.78 is 49.0. The van der Waals surface area contributed by atoms with E-state index in [1.165, 1.54) is 26.4 Å². The molecule has 0 aliphatic carbocycles. The van der Waals surface area contributed by atoms with E-state index in [2.05, 4.69) is 5.32 Å². The second kappa shape index (κ2) is 7.69. The average molecular weight is 391 g/mol. The van der Waals surface area contributed by atoms with Crippen molar-refractivity contribution in [3.63, 3.8) is 0 Å². The molecule has 1 aromatic heterocycles. The second-order valence-corrected chi connectivity index (χ2v) is 5.52. The molecule has 0 fully saturated rings. The normalized spacial score (nSPS) is 11.2. The molecule has 0 atom stereocenters. The summed E-state index contributed by atoms with van der Waals surface area (Å²) in [7, 11) is 2.73. The molecule has 2 aromatic rings. The maximum Gasteiger partial charge on any atom is 0.417 e. The summed E-state index contributed by atoms with van der Waals surface area (Å²) in [6, 6.07) is 4.21. The Morgan fingerprint density at radius 3 is 2.42 bits per heavy atom. The molecule has 1 heterocycles. The zero-order valence-corrected chi connectivity index (χ0v) is 14.4. The predicted octanol–water partition coefficient (Wildman–Crippen LogP) is 3.18. The Labute approximate surface area is 151 Å². The molecule has 0 bridgehead atoms. The lowest BCUT2D eigenvalue weighted by Gasteiger charge is -2.14. The fraction of sp³-hybridized carbons (Fsp3) is 0.250. The highest BCUT2D eigenvalue weighted by molar-refractivity contribution is 6.32. The first-order valence-corrected chi connectivity index (χ1v) is 7.52. The number of benzene rings is 1. The number of halogens is 4. The number of carbonyl (C=O) groups excluding carboxylic acids is 1. The van der Waals surface area contributed by atoms with E-state index in [4.69, 9.17) is 21.1 Å². The minimum absolute atomic E-state index is 0.193. The molecule has 0 saturated heterocycles. The summed E-state index contributed by atoms with van der Waals surface area (Å²) in [4.78, 5) is 23.9. The molecule has 0 radical (unpaired) electrons. The second-order valence-electron chi connectivity index (χ2n) is 5.12. The van der Waals surface area contributed by atoms with Gasteiger partial charge in [0.25, 0.3) is 5.56 Å². The van der Waals surface area contributed by atoms with Crippen LogP contribution in [0, 0.1) is 0 Å². The molecule has 1 aromatic carbocycles.